The van der Waals surface area contributed by atoms with E-state index < -0.39 is 12.0 Å². The van der Waals surface area contributed by atoms with Gasteiger partial charge in [0.1, 0.15) is 0 Å². The van der Waals surface area contributed by atoms with Crippen LogP contribution in [0.15, 0.2) is 72.8 Å². The first-order valence-electron chi connectivity index (χ1n) is 7.91. The summed E-state index contributed by atoms with van der Waals surface area (Å²) >= 11 is 11.9. The number of carboxylic acids is 1. The van der Waals surface area contributed by atoms with E-state index in [4.69, 9.17) is 23.2 Å². The fourth-order valence-electron chi connectivity index (χ4n) is 2.55. The van der Waals surface area contributed by atoms with Crippen molar-refractivity contribution < 1.29 is 14.7 Å². The Morgan fingerprint density at radius 1 is 0.852 bits per heavy atom. The van der Waals surface area contributed by atoms with Crippen molar-refractivity contribution in [2.75, 3.05) is 10.2 Å². The minimum absolute atomic E-state index is 0.00522. The molecule has 0 fully saturated rings. The second-order valence-corrected chi connectivity index (χ2v) is 6.37. The van der Waals surface area contributed by atoms with Crippen LogP contribution in [0.3, 0.4) is 0 Å². The number of urea groups is 1. The second-order valence-electron chi connectivity index (χ2n) is 5.55. The molecule has 0 aliphatic rings. The van der Waals surface area contributed by atoms with E-state index in [9.17, 15) is 14.7 Å². The van der Waals surface area contributed by atoms with Gasteiger partial charge in [-0.1, -0.05) is 53.5 Å². The highest BCUT2D eigenvalue weighted by Crippen LogP contribution is 2.31. The molecule has 3 aromatic rings. The number of hydrogen-bond acceptors (Lipinski definition) is 2. The van der Waals surface area contributed by atoms with Crippen molar-refractivity contribution in [2.24, 2.45) is 0 Å². The summed E-state index contributed by atoms with van der Waals surface area (Å²) in [6, 6.07) is 19.2. The summed E-state index contributed by atoms with van der Waals surface area (Å²) in [5.74, 6) is -1.13. The van der Waals surface area contributed by atoms with Gasteiger partial charge in [-0.2, -0.15) is 0 Å². The Labute approximate surface area is 165 Å². The van der Waals surface area contributed by atoms with Crippen LogP contribution in [0.5, 0.6) is 0 Å². The van der Waals surface area contributed by atoms with Crippen LogP contribution in [0.4, 0.5) is 21.9 Å². The van der Waals surface area contributed by atoms with Gasteiger partial charge in [0.25, 0.3) is 0 Å². The number of carboxylic acid groups (broad SMARTS) is 1. The lowest BCUT2D eigenvalue weighted by molar-refractivity contribution is 0.0698. The molecule has 2 amide bonds. The van der Waals surface area contributed by atoms with Gasteiger partial charge in [0.05, 0.1) is 27.0 Å². The third-order valence-corrected chi connectivity index (χ3v) is 4.50. The fraction of sp³-hybridized carbons (Fsp3) is 0. The van der Waals surface area contributed by atoms with Crippen molar-refractivity contribution in [1.82, 2.24) is 0 Å². The summed E-state index contributed by atoms with van der Waals surface area (Å²) in [5, 5.41) is 12.9. The molecule has 0 aliphatic carbocycles. The average molecular weight is 401 g/mol. The van der Waals surface area contributed by atoms with Gasteiger partial charge in [0, 0.05) is 5.69 Å². The van der Waals surface area contributed by atoms with Crippen LogP contribution in [0, 0.1) is 0 Å². The maximum absolute atomic E-state index is 13.0. The van der Waals surface area contributed by atoms with Crippen molar-refractivity contribution in [2.45, 2.75) is 0 Å². The number of nitrogens with one attached hydrogen (secondary N) is 1. The molecule has 7 heteroatoms. The number of nitrogens with zero attached hydrogens (tertiary/aromatic N) is 1. The Morgan fingerprint density at radius 3 is 2.19 bits per heavy atom. The highest BCUT2D eigenvalue weighted by molar-refractivity contribution is 6.42. The minimum atomic E-state index is -1.13. The first-order valence-corrected chi connectivity index (χ1v) is 8.66. The zero-order valence-corrected chi connectivity index (χ0v) is 15.4. The number of para-hydroxylation sites is 2. The molecule has 0 bridgehead atoms. The molecule has 0 aliphatic heterocycles. The molecule has 0 saturated carbocycles. The van der Waals surface area contributed by atoms with E-state index in [0.29, 0.717) is 21.4 Å². The molecule has 0 heterocycles. The zero-order valence-electron chi connectivity index (χ0n) is 13.9. The molecule has 3 aromatic carbocycles. The average Bonchev–Trinajstić information content (AvgIpc) is 2.66. The third kappa shape index (κ3) is 4.22. The summed E-state index contributed by atoms with van der Waals surface area (Å²) in [6.45, 7) is 0. The number of amides is 2. The minimum Gasteiger partial charge on any atom is -0.478 e. The number of halogens is 2. The Balaban J connectivity index is 2.04. The predicted molar refractivity (Wildman–Crippen MR) is 107 cm³/mol. The summed E-state index contributed by atoms with van der Waals surface area (Å²) in [6.07, 6.45) is 0. The summed E-state index contributed by atoms with van der Waals surface area (Å²) in [7, 11) is 0. The van der Waals surface area contributed by atoms with E-state index in [1.54, 1.807) is 54.6 Å². The highest BCUT2D eigenvalue weighted by Gasteiger charge is 2.23. The van der Waals surface area contributed by atoms with Gasteiger partial charge in [-0.3, -0.25) is 4.90 Å². The first kappa shape index (κ1) is 18.8. The lowest BCUT2D eigenvalue weighted by Gasteiger charge is -2.25. The molecule has 27 heavy (non-hydrogen) atoms. The Kier molecular flexibility index (Phi) is 5.64. The maximum atomic E-state index is 13.0. The molecule has 0 unspecified atom stereocenters. The summed E-state index contributed by atoms with van der Waals surface area (Å²) < 4.78 is 0. The standard InChI is InChI=1S/C20H14Cl2N2O3/c21-16-11-10-13(12-17(16)22)23-20(27)24(14-6-2-1-3-7-14)18-9-5-4-8-15(18)19(25)26/h1-12H,(H,23,27)(H,25,26). The van der Waals surface area contributed by atoms with Crippen LogP contribution >= 0.6 is 23.2 Å². The predicted octanol–water partition coefficient (Wildman–Crippen LogP) is 6.06. The quantitative estimate of drug-likeness (QED) is 0.558. The van der Waals surface area contributed by atoms with Gasteiger partial charge < -0.3 is 10.4 Å². The van der Waals surface area contributed by atoms with Crippen LogP contribution in [0.1, 0.15) is 10.4 Å². The van der Waals surface area contributed by atoms with Crippen LogP contribution in [0.25, 0.3) is 0 Å². The topological polar surface area (TPSA) is 69.6 Å². The molecule has 3 rings (SSSR count). The number of benzene rings is 3. The molecule has 5 nitrogen and oxygen atoms in total. The summed E-state index contributed by atoms with van der Waals surface area (Å²) in [5.41, 5.74) is 1.20. The van der Waals surface area contributed by atoms with Crippen LogP contribution < -0.4 is 10.2 Å². The van der Waals surface area contributed by atoms with Crippen LogP contribution in [-0.4, -0.2) is 17.1 Å². The van der Waals surface area contributed by atoms with Crippen molar-refractivity contribution in [3.05, 3.63) is 88.4 Å². The van der Waals surface area contributed by atoms with E-state index in [1.165, 1.54) is 17.0 Å². The van der Waals surface area contributed by atoms with Crippen LogP contribution in [0.2, 0.25) is 10.0 Å². The molecule has 0 radical (unpaired) electrons. The smallest absolute Gasteiger partial charge is 0.337 e. The van der Waals surface area contributed by atoms with Crippen molar-refractivity contribution in [3.8, 4) is 0 Å². The number of rotatable bonds is 4. The highest BCUT2D eigenvalue weighted by atomic mass is 35.5. The lowest BCUT2D eigenvalue weighted by atomic mass is 10.1. The molecule has 0 atom stereocenters. The number of anilines is 3. The number of carbonyl (C=O) groups excluding carboxylic acids is 1. The van der Waals surface area contributed by atoms with Crippen molar-refractivity contribution in [1.29, 1.82) is 0 Å². The third-order valence-electron chi connectivity index (χ3n) is 3.76. The molecule has 136 valence electrons. The molecule has 0 aromatic heterocycles. The molecular formula is C20H14Cl2N2O3. The molecule has 0 spiro atoms. The molecule has 2 N–H and O–H groups in total. The van der Waals surface area contributed by atoms with E-state index in [2.05, 4.69) is 5.32 Å². The van der Waals surface area contributed by atoms with Gasteiger partial charge in [-0.05, 0) is 42.5 Å². The lowest BCUT2D eigenvalue weighted by Crippen LogP contribution is -2.32. The Hall–Kier alpha value is -3.02. The van der Waals surface area contributed by atoms with Gasteiger partial charge in [-0.15, -0.1) is 0 Å². The van der Waals surface area contributed by atoms with Crippen molar-refractivity contribution in [3.63, 3.8) is 0 Å². The van der Waals surface area contributed by atoms with E-state index in [1.807, 2.05) is 6.07 Å². The number of carbonyl (C=O) groups is 2. The second kappa shape index (κ2) is 8.12. The Morgan fingerprint density at radius 2 is 1.52 bits per heavy atom. The van der Waals surface area contributed by atoms with Gasteiger partial charge >= 0.3 is 12.0 Å². The van der Waals surface area contributed by atoms with Gasteiger partial charge in [-0.25, -0.2) is 9.59 Å². The maximum Gasteiger partial charge on any atom is 0.337 e. The van der Waals surface area contributed by atoms with Crippen molar-refractivity contribution >= 4 is 52.3 Å². The fourth-order valence-corrected chi connectivity index (χ4v) is 2.84. The monoisotopic (exact) mass is 400 g/mol. The zero-order chi connectivity index (χ0) is 19.4. The first-order chi connectivity index (χ1) is 13.0. The normalized spacial score (nSPS) is 10.3. The number of aromatic carboxylic acids is 1. The largest absolute Gasteiger partial charge is 0.478 e. The van der Waals surface area contributed by atoms with E-state index in [0.717, 1.165) is 0 Å². The number of hydrogen-bond donors (Lipinski definition) is 2. The van der Waals surface area contributed by atoms with E-state index >= 15 is 0 Å². The van der Waals surface area contributed by atoms with E-state index in [-0.39, 0.29) is 11.3 Å². The SMILES string of the molecule is O=C(O)c1ccccc1N(C(=O)Nc1ccc(Cl)c(Cl)c1)c1ccccc1. The molecule has 0 saturated heterocycles. The van der Waals surface area contributed by atoms with Gasteiger partial charge in [0.15, 0.2) is 0 Å². The van der Waals surface area contributed by atoms with Crippen LogP contribution in [-0.2, 0) is 0 Å². The summed E-state index contributed by atoms with van der Waals surface area (Å²) in [4.78, 5) is 26.0. The van der Waals surface area contributed by atoms with Gasteiger partial charge in [0.2, 0.25) is 0 Å². The Bertz CT molecular complexity index is 994. The molecular weight excluding hydrogens is 387 g/mol.